The summed E-state index contributed by atoms with van der Waals surface area (Å²) in [6.45, 7) is 1.26. The largest absolute Gasteiger partial charge is 0.383 e. The Kier molecular flexibility index (Phi) is 5.38. The third-order valence-corrected chi connectivity index (χ3v) is 3.17. The average molecular weight is 296 g/mol. The molecular weight excluding hydrogens is 278 g/mol. The van der Waals surface area contributed by atoms with Crippen molar-refractivity contribution in [2.75, 3.05) is 26.1 Å². The molecule has 0 unspecified atom stereocenters. The minimum absolute atomic E-state index is 0.0546. The molecule has 2 aromatic rings. The second-order valence-corrected chi connectivity index (χ2v) is 4.76. The lowest BCUT2D eigenvalue weighted by atomic mass is 10.3. The predicted octanol–water partition coefficient (Wildman–Crippen LogP) is 1.58. The number of halogens is 1. The first kappa shape index (κ1) is 14.8. The van der Waals surface area contributed by atoms with Crippen molar-refractivity contribution < 1.29 is 9.53 Å². The number of aryl methyl sites for hydroxylation is 1. The minimum Gasteiger partial charge on any atom is -0.383 e. The van der Waals surface area contributed by atoms with Gasteiger partial charge < -0.3 is 14.6 Å². The molecule has 5 nitrogen and oxygen atoms in total. The molecule has 0 aliphatic carbocycles. The lowest BCUT2D eigenvalue weighted by molar-refractivity contribution is -0.121. The van der Waals surface area contributed by atoms with E-state index in [0.29, 0.717) is 25.5 Å². The van der Waals surface area contributed by atoms with E-state index in [1.165, 1.54) is 0 Å². The summed E-state index contributed by atoms with van der Waals surface area (Å²) in [4.78, 5) is 16.5. The summed E-state index contributed by atoms with van der Waals surface area (Å²) in [6.07, 6.45) is 0.640. The van der Waals surface area contributed by atoms with Crippen molar-refractivity contribution >= 4 is 28.5 Å². The predicted molar refractivity (Wildman–Crippen MR) is 79.0 cm³/mol. The Labute approximate surface area is 122 Å². The number of rotatable bonds is 7. The van der Waals surface area contributed by atoms with Gasteiger partial charge in [0.05, 0.1) is 17.6 Å². The zero-order chi connectivity index (χ0) is 14.4. The molecule has 0 saturated heterocycles. The number of para-hydroxylation sites is 2. The molecule has 0 fully saturated rings. The summed E-state index contributed by atoms with van der Waals surface area (Å²) in [5.74, 6) is 1.26. The number of methoxy groups -OCH3 is 1. The number of benzene rings is 1. The molecule has 0 saturated carbocycles. The van der Waals surface area contributed by atoms with Crippen LogP contribution < -0.4 is 5.32 Å². The Hall–Kier alpha value is -1.59. The van der Waals surface area contributed by atoms with Crippen LogP contribution >= 0.6 is 11.6 Å². The first-order valence-corrected chi connectivity index (χ1v) is 7.05. The fourth-order valence-electron chi connectivity index (χ4n) is 2.07. The van der Waals surface area contributed by atoms with Gasteiger partial charge in [0.15, 0.2) is 0 Å². The van der Waals surface area contributed by atoms with Crippen molar-refractivity contribution in [1.82, 2.24) is 14.9 Å². The molecule has 1 heterocycles. The highest BCUT2D eigenvalue weighted by molar-refractivity contribution is 6.17. The zero-order valence-corrected chi connectivity index (χ0v) is 12.2. The molecule has 1 amide bonds. The number of imidazole rings is 1. The van der Waals surface area contributed by atoms with E-state index in [1.807, 2.05) is 28.8 Å². The Morgan fingerprint density at radius 1 is 1.45 bits per heavy atom. The minimum atomic E-state index is -0.0546. The highest BCUT2D eigenvalue weighted by atomic mass is 35.5. The number of ether oxygens (including phenoxy) is 1. The number of amides is 1. The molecule has 20 heavy (non-hydrogen) atoms. The number of carbonyl (C=O) groups excluding carboxylic acids is 1. The van der Waals surface area contributed by atoms with Gasteiger partial charge in [-0.25, -0.2) is 4.98 Å². The topological polar surface area (TPSA) is 56.1 Å². The van der Waals surface area contributed by atoms with E-state index in [9.17, 15) is 4.79 Å². The smallest absolute Gasteiger partial charge is 0.240 e. The number of hydrogen-bond acceptors (Lipinski definition) is 3. The van der Waals surface area contributed by atoms with Crippen molar-refractivity contribution in [3.63, 3.8) is 0 Å². The highest BCUT2D eigenvalue weighted by Gasteiger charge is 2.12. The van der Waals surface area contributed by atoms with Crippen molar-refractivity contribution in [3.05, 3.63) is 30.1 Å². The molecule has 0 aliphatic rings. The van der Waals surface area contributed by atoms with Crippen molar-refractivity contribution in [1.29, 1.82) is 0 Å². The van der Waals surface area contributed by atoms with Gasteiger partial charge in [-0.05, 0) is 12.1 Å². The summed E-state index contributed by atoms with van der Waals surface area (Å²) >= 11 is 5.80. The fraction of sp³-hybridized carbons (Fsp3) is 0.429. The molecule has 6 heteroatoms. The van der Waals surface area contributed by atoms with Gasteiger partial charge >= 0.3 is 0 Å². The Morgan fingerprint density at radius 2 is 2.25 bits per heavy atom. The number of carbonyl (C=O) groups is 1. The third-order valence-electron chi connectivity index (χ3n) is 2.98. The van der Waals surface area contributed by atoms with Crippen molar-refractivity contribution in [2.24, 2.45) is 0 Å². The summed E-state index contributed by atoms with van der Waals surface area (Å²) < 4.78 is 6.83. The molecule has 1 aromatic heterocycles. The van der Waals surface area contributed by atoms with Crippen LogP contribution in [0.15, 0.2) is 24.3 Å². The van der Waals surface area contributed by atoms with Crippen LogP contribution in [0.2, 0.25) is 0 Å². The van der Waals surface area contributed by atoms with E-state index in [1.54, 1.807) is 7.11 Å². The van der Waals surface area contributed by atoms with E-state index in [4.69, 9.17) is 16.3 Å². The number of nitrogens with zero attached hydrogens (tertiary/aromatic N) is 2. The second-order valence-electron chi connectivity index (χ2n) is 4.38. The van der Waals surface area contributed by atoms with E-state index in [-0.39, 0.29) is 12.5 Å². The van der Waals surface area contributed by atoms with Crippen molar-refractivity contribution in [3.8, 4) is 0 Å². The van der Waals surface area contributed by atoms with E-state index < -0.39 is 0 Å². The van der Waals surface area contributed by atoms with Crippen LogP contribution in [0.1, 0.15) is 5.82 Å². The molecule has 0 bridgehead atoms. The van der Waals surface area contributed by atoms with Gasteiger partial charge in [-0.1, -0.05) is 12.1 Å². The van der Waals surface area contributed by atoms with Crippen LogP contribution in [-0.4, -0.2) is 41.6 Å². The highest BCUT2D eigenvalue weighted by Crippen LogP contribution is 2.16. The molecule has 0 aliphatic heterocycles. The summed E-state index contributed by atoms with van der Waals surface area (Å²) in [6, 6.07) is 7.77. The molecular formula is C14H18ClN3O2. The van der Waals surface area contributed by atoms with Crippen molar-refractivity contribution in [2.45, 2.75) is 13.0 Å². The zero-order valence-electron chi connectivity index (χ0n) is 11.4. The molecule has 0 radical (unpaired) electrons. The molecule has 108 valence electrons. The average Bonchev–Trinajstić information content (AvgIpc) is 2.78. The first-order valence-electron chi connectivity index (χ1n) is 6.52. The Morgan fingerprint density at radius 3 is 3.00 bits per heavy atom. The van der Waals surface area contributed by atoms with Crippen LogP contribution in [-0.2, 0) is 22.5 Å². The van der Waals surface area contributed by atoms with Crippen LogP contribution in [0.25, 0.3) is 11.0 Å². The number of fused-ring (bicyclic) bond motifs is 1. The van der Waals surface area contributed by atoms with E-state index in [2.05, 4.69) is 10.3 Å². The number of aromatic nitrogens is 2. The lowest BCUT2D eigenvalue weighted by Crippen LogP contribution is -2.30. The molecule has 2 rings (SSSR count). The third kappa shape index (κ3) is 3.49. The maximum atomic E-state index is 11.9. The van der Waals surface area contributed by atoms with Gasteiger partial charge in [-0.2, -0.15) is 0 Å². The van der Waals surface area contributed by atoms with Crippen LogP contribution in [0, 0.1) is 0 Å². The SMILES string of the molecule is COCCNC(=O)Cn1c(CCCl)nc2ccccc21. The molecule has 0 spiro atoms. The maximum Gasteiger partial charge on any atom is 0.240 e. The molecule has 1 aromatic carbocycles. The van der Waals surface area contributed by atoms with Gasteiger partial charge in [0.25, 0.3) is 0 Å². The number of alkyl halides is 1. The van der Waals surface area contributed by atoms with E-state index >= 15 is 0 Å². The summed E-state index contributed by atoms with van der Waals surface area (Å²) in [5, 5.41) is 2.81. The first-order chi connectivity index (χ1) is 9.76. The quantitative estimate of drug-likeness (QED) is 0.623. The van der Waals surface area contributed by atoms with Crippen LogP contribution in [0.3, 0.4) is 0 Å². The van der Waals surface area contributed by atoms with Gasteiger partial charge in [-0.15, -0.1) is 11.6 Å². The lowest BCUT2D eigenvalue weighted by Gasteiger charge is -2.09. The van der Waals surface area contributed by atoms with Gasteiger partial charge in [0, 0.05) is 26.0 Å². The Balaban J connectivity index is 2.18. The monoisotopic (exact) mass is 295 g/mol. The summed E-state index contributed by atoms with van der Waals surface area (Å²) in [5.41, 5.74) is 1.84. The Bertz CT molecular complexity index is 583. The standard InChI is InChI=1S/C14H18ClN3O2/c1-20-9-8-16-14(19)10-18-12-5-3-2-4-11(12)17-13(18)6-7-15/h2-5H,6-10H2,1H3,(H,16,19). The molecule has 0 atom stereocenters. The van der Waals surface area contributed by atoms with Crippen LogP contribution in [0.5, 0.6) is 0 Å². The molecule has 1 N–H and O–H groups in total. The van der Waals surface area contributed by atoms with Crippen LogP contribution in [0.4, 0.5) is 0 Å². The van der Waals surface area contributed by atoms with Gasteiger partial charge in [0.1, 0.15) is 12.4 Å². The van der Waals surface area contributed by atoms with E-state index in [0.717, 1.165) is 16.9 Å². The summed E-state index contributed by atoms with van der Waals surface area (Å²) in [7, 11) is 1.61. The normalized spacial score (nSPS) is 10.9. The van der Waals surface area contributed by atoms with Gasteiger partial charge in [0.2, 0.25) is 5.91 Å². The second kappa shape index (κ2) is 7.26. The number of nitrogens with one attached hydrogen (secondary N) is 1. The number of hydrogen-bond donors (Lipinski definition) is 1. The maximum absolute atomic E-state index is 11.9. The fourth-order valence-corrected chi connectivity index (χ4v) is 2.24. The van der Waals surface area contributed by atoms with Gasteiger partial charge in [-0.3, -0.25) is 4.79 Å².